The van der Waals surface area contributed by atoms with Crippen molar-refractivity contribution in [1.29, 1.82) is 5.26 Å². The molecule has 7 heteroatoms. The fourth-order valence-corrected chi connectivity index (χ4v) is 2.80. The molecule has 0 N–H and O–H groups in total. The zero-order valence-corrected chi connectivity index (χ0v) is 14.3. The van der Waals surface area contributed by atoms with Crippen molar-refractivity contribution in [1.82, 2.24) is 9.38 Å². The normalized spacial score (nSPS) is 10.3. The Kier molecular flexibility index (Phi) is 4.67. The Labute approximate surface area is 149 Å². The fourth-order valence-electron chi connectivity index (χ4n) is 2.80. The van der Waals surface area contributed by atoms with Crippen LogP contribution in [0.1, 0.15) is 22.8 Å². The molecule has 0 spiro atoms. The smallest absolute Gasteiger partial charge is 0.342 e. The van der Waals surface area contributed by atoms with Crippen LogP contribution in [0.2, 0.25) is 0 Å². The number of fused-ring (bicyclic) bond motifs is 1. The molecule has 26 heavy (non-hydrogen) atoms. The Morgan fingerprint density at radius 3 is 2.73 bits per heavy atom. The molecule has 0 aliphatic rings. The molecule has 3 aromatic rings. The molecule has 0 aliphatic carbocycles. The maximum Gasteiger partial charge on any atom is 0.342 e. The molecule has 0 aromatic carbocycles. The van der Waals surface area contributed by atoms with Crippen LogP contribution in [0, 0.1) is 11.3 Å². The van der Waals surface area contributed by atoms with Crippen molar-refractivity contribution in [3.05, 3.63) is 70.3 Å². The van der Waals surface area contributed by atoms with E-state index in [-0.39, 0.29) is 23.4 Å². The van der Waals surface area contributed by atoms with Gasteiger partial charge in [-0.1, -0.05) is 12.1 Å². The van der Waals surface area contributed by atoms with E-state index in [0.717, 1.165) is 0 Å². The Hall–Kier alpha value is -3.66. The number of rotatable bonds is 4. The SMILES string of the molecule is CCOC(=O)c1c(N(C)c2ccccn2)c(C#N)c(=O)n2ccccc12. The number of hydrogen-bond donors (Lipinski definition) is 0. The average Bonchev–Trinajstić information content (AvgIpc) is 2.68. The summed E-state index contributed by atoms with van der Waals surface area (Å²) in [6.07, 6.45) is 3.11. The molecule has 3 rings (SSSR count). The van der Waals surface area contributed by atoms with Crippen molar-refractivity contribution < 1.29 is 9.53 Å². The number of carbonyl (C=O) groups is 1. The highest BCUT2D eigenvalue weighted by Crippen LogP contribution is 2.31. The second-order valence-corrected chi connectivity index (χ2v) is 5.44. The van der Waals surface area contributed by atoms with E-state index in [1.165, 1.54) is 10.6 Å². The van der Waals surface area contributed by atoms with Crippen LogP contribution in [-0.4, -0.2) is 29.0 Å². The Morgan fingerprint density at radius 2 is 2.08 bits per heavy atom. The summed E-state index contributed by atoms with van der Waals surface area (Å²) in [4.78, 5) is 31.3. The molecule has 0 fully saturated rings. The van der Waals surface area contributed by atoms with Gasteiger partial charge in [0, 0.05) is 19.4 Å². The van der Waals surface area contributed by atoms with E-state index >= 15 is 0 Å². The van der Waals surface area contributed by atoms with E-state index in [9.17, 15) is 14.9 Å². The largest absolute Gasteiger partial charge is 0.462 e. The third kappa shape index (κ3) is 2.78. The number of anilines is 2. The van der Waals surface area contributed by atoms with Gasteiger partial charge in [-0.05, 0) is 31.2 Å². The molecule has 3 heterocycles. The first-order chi connectivity index (χ1) is 12.6. The molecule has 7 nitrogen and oxygen atoms in total. The van der Waals surface area contributed by atoms with Gasteiger partial charge in [0.05, 0.1) is 17.8 Å². The summed E-state index contributed by atoms with van der Waals surface area (Å²) in [5.41, 5.74) is 0.0455. The highest BCUT2D eigenvalue weighted by Gasteiger charge is 2.27. The van der Waals surface area contributed by atoms with Crippen LogP contribution in [0.25, 0.3) is 5.52 Å². The summed E-state index contributed by atoms with van der Waals surface area (Å²) in [6, 6.07) is 12.2. The minimum Gasteiger partial charge on any atom is -0.462 e. The number of pyridine rings is 3. The molecule has 0 amide bonds. The second-order valence-electron chi connectivity index (χ2n) is 5.44. The maximum atomic E-state index is 12.8. The van der Waals surface area contributed by atoms with Crippen LogP contribution in [0.4, 0.5) is 11.5 Å². The molecule has 0 unspecified atom stereocenters. The van der Waals surface area contributed by atoms with Gasteiger partial charge in [-0.15, -0.1) is 0 Å². The van der Waals surface area contributed by atoms with Gasteiger partial charge in [0.2, 0.25) is 0 Å². The topological polar surface area (TPSA) is 87.7 Å². The van der Waals surface area contributed by atoms with E-state index in [2.05, 4.69) is 4.98 Å². The summed E-state index contributed by atoms with van der Waals surface area (Å²) in [6.45, 7) is 1.87. The van der Waals surface area contributed by atoms with Crippen molar-refractivity contribution in [2.45, 2.75) is 6.92 Å². The number of carbonyl (C=O) groups excluding carboxylic acids is 1. The van der Waals surface area contributed by atoms with Crippen molar-refractivity contribution >= 4 is 23.0 Å². The van der Waals surface area contributed by atoms with Gasteiger partial charge < -0.3 is 9.64 Å². The van der Waals surface area contributed by atoms with Gasteiger partial charge in [-0.25, -0.2) is 9.78 Å². The predicted octanol–water partition coefficient (Wildman–Crippen LogP) is 2.51. The predicted molar refractivity (Wildman–Crippen MR) is 96.6 cm³/mol. The lowest BCUT2D eigenvalue weighted by Gasteiger charge is -2.23. The van der Waals surface area contributed by atoms with Gasteiger partial charge >= 0.3 is 5.97 Å². The third-order valence-corrected chi connectivity index (χ3v) is 3.94. The van der Waals surface area contributed by atoms with Gasteiger partial charge in [0.1, 0.15) is 23.0 Å². The molecule has 0 saturated carbocycles. The van der Waals surface area contributed by atoms with Crippen LogP contribution in [-0.2, 0) is 4.74 Å². The standard InChI is InChI=1S/C19H16N4O3/c1-3-26-19(25)16-14-8-5-7-11-23(14)18(24)13(12-20)17(16)22(2)15-9-4-6-10-21-15/h4-11H,3H2,1-2H3. The highest BCUT2D eigenvalue weighted by molar-refractivity contribution is 6.05. The van der Waals surface area contributed by atoms with E-state index in [1.54, 1.807) is 61.5 Å². The summed E-state index contributed by atoms with van der Waals surface area (Å²) < 4.78 is 6.47. The average molecular weight is 348 g/mol. The van der Waals surface area contributed by atoms with Crippen molar-refractivity contribution in [2.75, 3.05) is 18.6 Å². The van der Waals surface area contributed by atoms with Gasteiger partial charge in [0.25, 0.3) is 5.56 Å². The fraction of sp³-hybridized carbons (Fsp3) is 0.158. The van der Waals surface area contributed by atoms with Crippen LogP contribution in [0.15, 0.2) is 53.6 Å². The Morgan fingerprint density at radius 1 is 1.31 bits per heavy atom. The van der Waals surface area contributed by atoms with Crippen LogP contribution < -0.4 is 10.5 Å². The van der Waals surface area contributed by atoms with Crippen molar-refractivity contribution in [3.8, 4) is 6.07 Å². The zero-order valence-electron chi connectivity index (χ0n) is 14.3. The molecule has 0 atom stereocenters. The Bertz CT molecular complexity index is 1070. The monoisotopic (exact) mass is 348 g/mol. The van der Waals surface area contributed by atoms with Crippen molar-refractivity contribution in [3.63, 3.8) is 0 Å². The molecule has 130 valence electrons. The van der Waals surface area contributed by atoms with E-state index in [0.29, 0.717) is 11.3 Å². The van der Waals surface area contributed by atoms with Gasteiger partial charge in [0.15, 0.2) is 0 Å². The van der Waals surface area contributed by atoms with Crippen LogP contribution in [0.5, 0.6) is 0 Å². The number of esters is 1. The van der Waals surface area contributed by atoms with E-state index in [4.69, 9.17) is 4.74 Å². The van der Waals surface area contributed by atoms with Crippen LogP contribution >= 0.6 is 0 Å². The summed E-state index contributed by atoms with van der Waals surface area (Å²) in [5, 5.41) is 9.63. The van der Waals surface area contributed by atoms with E-state index < -0.39 is 11.5 Å². The van der Waals surface area contributed by atoms with Gasteiger partial charge in [-0.2, -0.15) is 5.26 Å². The summed E-state index contributed by atoms with van der Waals surface area (Å²) >= 11 is 0. The second kappa shape index (κ2) is 7.07. The van der Waals surface area contributed by atoms with Crippen LogP contribution in [0.3, 0.4) is 0 Å². The third-order valence-electron chi connectivity index (χ3n) is 3.94. The minimum atomic E-state index is -0.606. The molecular weight excluding hydrogens is 332 g/mol. The summed E-state index contributed by atoms with van der Waals surface area (Å²) in [5.74, 6) is -0.111. The Balaban J connectivity index is 2.43. The maximum absolute atomic E-state index is 12.8. The number of ether oxygens (including phenoxy) is 1. The molecule has 0 bridgehead atoms. The molecule has 0 saturated heterocycles. The quantitative estimate of drug-likeness (QED) is 0.673. The van der Waals surface area contributed by atoms with E-state index in [1.807, 2.05) is 6.07 Å². The first kappa shape index (κ1) is 17.2. The number of aromatic nitrogens is 2. The van der Waals surface area contributed by atoms with Gasteiger partial charge in [-0.3, -0.25) is 9.20 Å². The first-order valence-electron chi connectivity index (χ1n) is 7.99. The molecule has 0 radical (unpaired) electrons. The van der Waals surface area contributed by atoms with Crippen molar-refractivity contribution in [2.24, 2.45) is 0 Å². The molecule has 0 aliphatic heterocycles. The number of nitrogens with zero attached hydrogens (tertiary/aromatic N) is 4. The number of hydrogen-bond acceptors (Lipinski definition) is 6. The highest BCUT2D eigenvalue weighted by atomic mass is 16.5. The molecular formula is C19H16N4O3. The molecule has 3 aromatic heterocycles. The first-order valence-corrected chi connectivity index (χ1v) is 7.99. The lowest BCUT2D eigenvalue weighted by molar-refractivity contribution is 0.0529. The lowest BCUT2D eigenvalue weighted by atomic mass is 10.1. The lowest BCUT2D eigenvalue weighted by Crippen LogP contribution is -2.27. The minimum absolute atomic E-state index is 0.148. The summed E-state index contributed by atoms with van der Waals surface area (Å²) in [7, 11) is 1.65. The number of nitriles is 1. The zero-order chi connectivity index (χ0) is 18.7.